The zero-order chi connectivity index (χ0) is 22.1. The number of methoxy groups -OCH3 is 2. The Morgan fingerprint density at radius 1 is 1.03 bits per heavy atom. The summed E-state index contributed by atoms with van der Waals surface area (Å²) in [5.74, 6) is -2.10. The molecule has 0 aliphatic carbocycles. The number of hydrogen-bond acceptors (Lipinski definition) is 7. The van der Waals surface area contributed by atoms with E-state index in [0.717, 1.165) is 4.90 Å². The summed E-state index contributed by atoms with van der Waals surface area (Å²) in [7, 11) is 2.99. The molecule has 4 rings (SSSR count). The molecule has 1 fully saturated rings. The van der Waals surface area contributed by atoms with Crippen LogP contribution in [0.2, 0.25) is 0 Å². The highest BCUT2D eigenvalue weighted by Crippen LogP contribution is 2.30. The lowest BCUT2D eigenvalue weighted by molar-refractivity contribution is -0.138. The molecule has 0 aromatic heterocycles. The van der Waals surface area contributed by atoms with E-state index in [1.807, 2.05) is 0 Å². The Bertz CT molecular complexity index is 1140. The average molecular weight is 422 g/mol. The van der Waals surface area contributed by atoms with Crippen molar-refractivity contribution in [3.8, 4) is 17.2 Å². The van der Waals surface area contributed by atoms with Gasteiger partial charge < -0.3 is 19.5 Å². The van der Waals surface area contributed by atoms with Crippen LogP contribution in [0, 0.1) is 5.92 Å². The van der Waals surface area contributed by atoms with Gasteiger partial charge in [0.1, 0.15) is 17.4 Å². The molecule has 0 unspecified atom stereocenters. The topological polar surface area (TPSA) is 111 Å². The van der Waals surface area contributed by atoms with Crippen molar-refractivity contribution in [2.45, 2.75) is 0 Å². The number of benzene rings is 2. The summed E-state index contributed by atoms with van der Waals surface area (Å²) in [6, 6.07) is 10.6. The zero-order valence-electron chi connectivity index (χ0n) is 16.7. The minimum Gasteiger partial charge on any atom is -0.493 e. The molecule has 0 spiro atoms. The highest BCUT2D eigenvalue weighted by molar-refractivity contribution is 6.17. The Morgan fingerprint density at radius 2 is 1.77 bits per heavy atom. The molecule has 1 N–H and O–H groups in total. The first-order chi connectivity index (χ1) is 14.9. The number of carbonyl (C=O) groups is 4. The summed E-state index contributed by atoms with van der Waals surface area (Å²) in [5.41, 5.74) is 0.833. The van der Waals surface area contributed by atoms with Gasteiger partial charge in [-0.3, -0.25) is 19.3 Å². The summed E-state index contributed by atoms with van der Waals surface area (Å²) in [6.07, 6.45) is 1.47. The van der Waals surface area contributed by atoms with Gasteiger partial charge in [-0.2, -0.15) is 0 Å². The van der Waals surface area contributed by atoms with E-state index in [0.29, 0.717) is 17.1 Å². The first-order valence-corrected chi connectivity index (χ1v) is 9.34. The minimum atomic E-state index is -1.29. The fraction of sp³-hybridized carbons (Fsp3) is 0.182. The Morgan fingerprint density at radius 3 is 2.52 bits per heavy atom. The number of nitrogens with zero attached hydrogens (tertiary/aromatic N) is 1. The fourth-order valence-corrected chi connectivity index (χ4v) is 3.42. The second-order valence-electron chi connectivity index (χ2n) is 6.85. The molecule has 2 aromatic carbocycles. The third-order valence-corrected chi connectivity index (χ3v) is 5.01. The monoisotopic (exact) mass is 422 g/mol. The zero-order valence-corrected chi connectivity index (χ0v) is 16.7. The van der Waals surface area contributed by atoms with Crippen molar-refractivity contribution in [1.29, 1.82) is 0 Å². The molecule has 2 aliphatic heterocycles. The molecule has 2 aromatic rings. The number of amides is 3. The quantitative estimate of drug-likeness (QED) is 0.258. The van der Waals surface area contributed by atoms with Crippen molar-refractivity contribution in [1.82, 2.24) is 10.2 Å². The van der Waals surface area contributed by atoms with Crippen LogP contribution in [-0.4, -0.2) is 49.4 Å². The van der Waals surface area contributed by atoms with Crippen LogP contribution in [0.15, 0.2) is 48.2 Å². The van der Waals surface area contributed by atoms with Gasteiger partial charge in [-0.1, -0.05) is 18.2 Å². The summed E-state index contributed by atoms with van der Waals surface area (Å²) < 4.78 is 15.6. The molecule has 9 heteroatoms. The minimum absolute atomic E-state index is 0.00856. The number of hydrogen-bond donors (Lipinski definition) is 1. The molecule has 0 radical (unpaired) electrons. The molecule has 2 heterocycles. The Kier molecular flexibility index (Phi) is 5.16. The molecule has 0 saturated carbocycles. The third kappa shape index (κ3) is 3.61. The second kappa shape index (κ2) is 7.94. The van der Waals surface area contributed by atoms with Crippen LogP contribution >= 0.6 is 0 Å². The van der Waals surface area contributed by atoms with E-state index in [1.54, 1.807) is 30.3 Å². The predicted molar refractivity (Wildman–Crippen MR) is 108 cm³/mol. The maximum atomic E-state index is 12.8. The van der Waals surface area contributed by atoms with Gasteiger partial charge in [0.25, 0.3) is 5.91 Å². The van der Waals surface area contributed by atoms with Gasteiger partial charge in [0.05, 0.1) is 26.3 Å². The van der Waals surface area contributed by atoms with Crippen LogP contribution in [0.5, 0.6) is 17.2 Å². The normalized spacial score (nSPS) is 19.2. The summed E-state index contributed by atoms with van der Waals surface area (Å²) in [5, 5.41) is 2.47. The van der Waals surface area contributed by atoms with E-state index in [4.69, 9.17) is 14.2 Å². The lowest BCUT2D eigenvalue weighted by atomic mass is 9.94. The Balaban J connectivity index is 1.56. The number of urea groups is 1. The van der Waals surface area contributed by atoms with Gasteiger partial charge in [0, 0.05) is 0 Å². The molecule has 3 amide bonds. The van der Waals surface area contributed by atoms with E-state index >= 15 is 0 Å². The van der Waals surface area contributed by atoms with Gasteiger partial charge in [-0.05, 0) is 35.9 Å². The van der Waals surface area contributed by atoms with Crippen LogP contribution in [0.3, 0.4) is 0 Å². The summed E-state index contributed by atoms with van der Waals surface area (Å²) in [4.78, 5) is 51.0. The number of imide groups is 1. The Labute approximate surface area is 177 Å². The average Bonchev–Trinajstić information content (AvgIpc) is 3.03. The molecule has 1 saturated heterocycles. The predicted octanol–water partition coefficient (Wildman–Crippen LogP) is 2.01. The van der Waals surface area contributed by atoms with E-state index in [9.17, 15) is 19.2 Å². The third-order valence-electron chi connectivity index (χ3n) is 5.01. The van der Waals surface area contributed by atoms with Crippen LogP contribution in [0.25, 0.3) is 6.08 Å². The highest BCUT2D eigenvalue weighted by atomic mass is 16.5. The fourth-order valence-electron chi connectivity index (χ4n) is 3.42. The van der Waals surface area contributed by atoms with Crippen molar-refractivity contribution in [3.63, 3.8) is 0 Å². The standard InChI is InChI=1S/C22H18N2O7/c1-29-17-8-7-12(10-18(17)30-2)9-15-20(26)24(22(28)23-15)11-14-19(25)13-5-3-4-6-16(13)31-21(14)27/h3-10,14H,11H2,1-2H3,(H,23,28)/b15-9-/t14-/m1/s1. The maximum Gasteiger partial charge on any atom is 0.329 e. The molecule has 158 valence electrons. The molecule has 2 aliphatic rings. The van der Waals surface area contributed by atoms with Crippen molar-refractivity contribution < 1.29 is 33.4 Å². The van der Waals surface area contributed by atoms with Crippen LogP contribution in [0.4, 0.5) is 4.79 Å². The molecule has 1 atom stereocenters. The van der Waals surface area contributed by atoms with Gasteiger partial charge in [-0.25, -0.2) is 4.79 Å². The number of nitrogens with one attached hydrogen (secondary N) is 1. The van der Waals surface area contributed by atoms with Crippen LogP contribution in [0.1, 0.15) is 15.9 Å². The van der Waals surface area contributed by atoms with Crippen LogP contribution < -0.4 is 19.5 Å². The molecule has 9 nitrogen and oxygen atoms in total. The number of esters is 1. The van der Waals surface area contributed by atoms with E-state index in [2.05, 4.69) is 5.32 Å². The van der Waals surface area contributed by atoms with Gasteiger partial charge in [0.15, 0.2) is 17.3 Å². The number of rotatable bonds is 5. The van der Waals surface area contributed by atoms with Gasteiger partial charge in [-0.15, -0.1) is 0 Å². The lowest BCUT2D eigenvalue weighted by Gasteiger charge is -2.24. The second-order valence-corrected chi connectivity index (χ2v) is 6.85. The SMILES string of the molecule is COc1ccc(/C=C2\NC(=O)N(C[C@H]3C(=O)Oc4ccccc4C3=O)C2=O)cc1OC. The molecule has 0 bridgehead atoms. The van der Waals surface area contributed by atoms with Crippen molar-refractivity contribution in [3.05, 3.63) is 59.3 Å². The largest absolute Gasteiger partial charge is 0.493 e. The highest BCUT2D eigenvalue weighted by Gasteiger charge is 2.42. The number of Topliss-reactive ketones (excluding diaryl/α,β-unsaturated/α-hetero) is 1. The number of fused-ring (bicyclic) bond motifs is 1. The molecular formula is C22H18N2O7. The van der Waals surface area contributed by atoms with Crippen molar-refractivity contribution >= 4 is 29.8 Å². The molecule has 31 heavy (non-hydrogen) atoms. The summed E-state index contributed by atoms with van der Waals surface area (Å²) in [6.45, 7) is -0.417. The number of ether oxygens (including phenoxy) is 3. The smallest absolute Gasteiger partial charge is 0.329 e. The molecular weight excluding hydrogens is 404 g/mol. The van der Waals surface area contributed by atoms with Crippen molar-refractivity contribution in [2.24, 2.45) is 5.92 Å². The van der Waals surface area contributed by atoms with Gasteiger partial charge >= 0.3 is 12.0 Å². The number of ketones is 1. The first-order valence-electron chi connectivity index (χ1n) is 9.34. The van der Waals surface area contributed by atoms with Gasteiger partial charge in [0.2, 0.25) is 0 Å². The van der Waals surface area contributed by atoms with E-state index in [-0.39, 0.29) is 17.0 Å². The van der Waals surface area contributed by atoms with E-state index in [1.165, 1.54) is 32.4 Å². The maximum absolute atomic E-state index is 12.8. The number of para-hydroxylation sites is 1. The van der Waals surface area contributed by atoms with E-state index < -0.39 is 36.2 Å². The van der Waals surface area contributed by atoms with Crippen molar-refractivity contribution in [2.75, 3.05) is 20.8 Å². The number of carbonyl (C=O) groups excluding carboxylic acids is 4. The summed E-state index contributed by atoms with van der Waals surface area (Å²) >= 11 is 0. The van der Waals surface area contributed by atoms with Crippen LogP contribution in [-0.2, 0) is 9.59 Å². The lowest BCUT2D eigenvalue weighted by Crippen LogP contribution is -2.44. The first kappa shape index (κ1) is 20.1. The Hall–Kier alpha value is -4.14.